The Hall–Kier alpha value is -2.43. The molecule has 1 saturated heterocycles. The molecule has 3 rings (SSSR count). The second-order valence-electron chi connectivity index (χ2n) is 6.25. The van der Waals surface area contributed by atoms with Crippen molar-refractivity contribution in [3.8, 4) is 11.8 Å². The first kappa shape index (κ1) is 17.4. The molecule has 7 nitrogen and oxygen atoms in total. The number of hydrogen-bond acceptors (Lipinski definition) is 7. The van der Waals surface area contributed by atoms with Gasteiger partial charge >= 0.3 is 0 Å². The lowest BCUT2D eigenvalue weighted by molar-refractivity contribution is 0.173. The fourth-order valence-electron chi connectivity index (χ4n) is 3.06. The highest BCUT2D eigenvalue weighted by atomic mass is 16.5. The predicted octanol–water partition coefficient (Wildman–Crippen LogP) is 1.88. The first-order valence-corrected chi connectivity index (χ1v) is 8.61. The summed E-state index contributed by atoms with van der Waals surface area (Å²) in [5.74, 6) is 2.09. The van der Waals surface area contributed by atoms with Gasteiger partial charge in [-0.25, -0.2) is 0 Å². The Balaban J connectivity index is 1.38. The molecule has 1 fully saturated rings. The molecule has 2 aromatic rings. The molecule has 0 saturated carbocycles. The Morgan fingerprint density at radius 1 is 1.48 bits per heavy atom. The molecule has 1 aliphatic heterocycles. The molecular weight excluding hydrogens is 318 g/mol. The molecule has 7 heteroatoms. The maximum absolute atomic E-state index is 8.90. The van der Waals surface area contributed by atoms with Crippen molar-refractivity contribution in [1.82, 2.24) is 20.4 Å². The molecule has 0 spiro atoms. The molecule has 1 aliphatic rings. The van der Waals surface area contributed by atoms with Crippen molar-refractivity contribution in [1.29, 1.82) is 5.26 Å². The second-order valence-corrected chi connectivity index (χ2v) is 6.25. The van der Waals surface area contributed by atoms with E-state index in [0.717, 1.165) is 50.6 Å². The van der Waals surface area contributed by atoms with Crippen LogP contribution in [0.25, 0.3) is 0 Å². The van der Waals surface area contributed by atoms with Gasteiger partial charge in [-0.15, -0.1) is 0 Å². The molecule has 2 heterocycles. The third-order valence-corrected chi connectivity index (χ3v) is 4.21. The third kappa shape index (κ3) is 5.28. The van der Waals surface area contributed by atoms with Gasteiger partial charge in [0, 0.05) is 26.1 Å². The summed E-state index contributed by atoms with van der Waals surface area (Å²) >= 11 is 0. The number of piperidine rings is 1. The summed E-state index contributed by atoms with van der Waals surface area (Å²) in [4.78, 5) is 6.62. The van der Waals surface area contributed by atoms with Gasteiger partial charge in [-0.3, -0.25) is 4.90 Å². The molecule has 25 heavy (non-hydrogen) atoms. The SMILES string of the molecule is Cc1nc(CN2CCCC(NCCOc3cccc(C#N)c3)C2)no1. The average Bonchev–Trinajstić information content (AvgIpc) is 3.04. The highest BCUT2D eigenvalue weighted by molar-refractivity contribution is 5.36. The highest BCUT2D eigenvalue weighted by Gasteiger charge is 2.20. The molecular formula is C18H23N5O2. The normalized spacial score (nSPS) is 18.0. The number of aromatic nitrogens is 2. The molecule has 1 aromatic carbocycles. The van der Waals surface area contributed by atoms with Crippen LogP contribution < -0.4 is 10.1 Å². The lowest BCUT2D eigenvalue weighted by Gasteiger charge is -2.32. The van der Waals surface area contributed by atoms with Crippen LogP contribution >= 0.6 is 0 Å². The van der Waals surface area contributed by atoms with Crippen molar-refractivity contribution in [3.05, 3.63) is 41.5 Å². The van der Waals surface area contributed by atoms with Gasteiger partial charge in [0.2, 0.25) is 5.89 Å². The highest BCUT2D eigenvalue weighted by Crippen LogP contribution is 2.14. The zero-order valence-electron chi connectivity index (χ0n) is 14.4. The summed E-state index contributed by atoms with van der Waals surface area (Å²) in [5, 5.41) is 16.4. The van der Waals surface area contributed by atoms with Crippen LogP contribution in [0, 0.1) is 18.3 Å². The van der Waals surface area contributed by atoms with Gasteiger partial charge < -0.3 is 14.6 Å². The lowest BCUT2D eigenvalue weighted by Crippen LogP contribution is -2.46. The monoisotopic (exact) mass is 341 g/mol. The molecule has 1 unspecified atom stereocenters. The van der Waals surface area contributed by atoms with E-state index in [0.29, 0.717) is 24.1 Å². The van der Waals surface area contributed by atoms with E-state index in [1.165, 1.54) is 0 Å². The van der Waals surface area contributed by atoms with Crippen LogP contribution in [-0.4, -0.2) is 47.3 Å². The van der Waals surface area contributed by atoms with Gasteiger partial charge in [0.25, 0.3) is 0 Å². The zero-order valence-corrected chi connectivity index (χ0v) is 14.4. The van der Waals surface area contributed by atoms with Crippen molar-refractivity contribution < 1.29 is 9.26 Å². The first-order valence-electron chi connectivity index (χ1n) is 8.61. The van der Waals surface area contributed by atoms with Crippen LogP contribution in [0.1, 0.15) is 30.1 Å². The summed E-state index contributed by atoms with van der Waals surface area (Å²) in [7, 11) is 0. The third-order valence-electron chi connectivity index (χ3n) is 4.21. The summed E-state index contributed by atoms with van der Waals surface area (Å²) in [5.41, 5.74) is 0.616. The van der Waals surface area contributed by atoms with Crippen LogP contribution in [0.15, 0.2) is 28.8 Å². The Morgan fingerprint density at radius 3 is 3.20 bits per heavy atom. The van der Waals surface area contributed by atoms with Crippen LogP contribution in [0.4, 0.5) is 0 Å². The van der Waals surface area contributed by atoms with Crippen molar-refractivity contribution in [3.63, 3.8) is 0 Å². The molecule has 1 atom stereocenters. The Labute approximate surface area is 147 Å². The number of aryl methyl sites for hydroxylation is 1. The van der Waals surface area contributed by atoms with E-state index >= 15 is 0 Å². The van der Waals surface area contributed by atoms with E-state index in [-0.39, 0.29) is 0 Å². The fraction of sp³-hybridized carbons (Fsp3) is 0.500. The number of nitriles is 1. The number of benzene rings is 1. The Kier molecular flexibility index (Phi) is 5.99. The molecule has 0 bridgehead atoms. The van der Waals surface area contributed by atoms with Crippen LogP contribution in [0.2, 0.25) is 0 Å². The number of nitrogens with zero attached hydrogens (tertiary/aromatic N) is 4. The average molecular weight is 341 g/mol. The summed E-state index contributed by atoms with van der Waals surface area (Å²) in [6.45, 7) is 5.92. The van der Waals surface area contributed by atoms with Gasteiger partial charge in [0.05, 0.1) is 18.2 Å². The number of likely N-dealkylation sites (tertiary alicyclic amines) is 1. The molecule has 132 valence electrons. The molecule has 0 amide bonds. The first-order chi connectivity index (χ1) is 12.2. The molecule has 0 radical (unpaired) electrons. The van der Waals surface area contributed by atoms with E-state index in [1.54, 1.807) is 12.1 Å². The minimum atomic E-state index is 0.441. The minimum absolute atomic E-state index is 0.441. The maximum atomic E-state index is 8.90. The van der Waals surface area contributed by atoms with Crippen molar-refractivity contribution in [2.24, 2.45) is 0 Å². The summed E-state index contributed by atoms with van der Waals surface area (Å²) in [6.07, 6.45) is 2.31. The Bertz CT molecular complexity index is 724. The minimum Gasteiger partial charge on any atom is -0.492 e. The van der Waals surface area contributed by atoms with Gasteiger partial charge in [0.1, 0.15) is 12.4 Å². The lowest BCUT2D eigenvalue weighted by atomic mass is 10.1. The molecule has 1 aromatic heterocycles. The van der Waals surface area contributed by atoms with Gasteiger partial charge in [-0.05, 0) is 37.6 Å². The van der Waals surface area contributed by atoms with E-state index in [9.17, 15) is 0 Å². The topological polar surface area (TPSA) is 87.2 Å². The van der Waals surface area contributed by atoms with Crippen molar-refractivity contribution in [2.45, 2.75) is 32.4 Å². The number of rotatable bonds is 7. The number of hydrogen-bond donors (Lipinski definition) is 1. The van der Waals surface area contributed by atoms with Gasteiger partial charge in [0.15, 0.2) is 5.82 Å². The predicted molar refractivity (Wildman–Crippen MR) is 92.0 cm³/mol. The fourth-order valence-corrected chi connectivity index (χ4v) is 3.06. The quantitative estimate of drug-likeness (QED) is 0.769. The van der Waals surface area contributed by atoms with Crippen LogP contribution in [0.3, 0.4) is 0 Å². The smallest absolute Gasteiger partial charge is 0.223 e. The maximum Gasteiger partial charge on any atom is 0.223 e. The van der Waals surface area contributed by atoms with Gasteiger partial charge in [-0.1, -0.05) is 11.2 Å². The van der Waals surface area contributed by atoms with Gasteiger partial charge in [-0.2, -0.15) is 10.2 Å². The van der Waals surface area contributed by atoms with Crippen molar-refractivity contribution >= 4 is 0 Å². The van der Waals surface area contributed by atoms with E-state index in [2.05, 4.69) is 26.4 Å². The standard InChI is InChI=1S/C18H23N5O2/c1-14-21-18(22-25-14)13-23-8-3-5-16(12-23)20-7-9-24-17-6-2-4-15(10-17)11-19/h2,4,6,10,16,20H,3,5,7-9,12-13H2,1H3. The largest absolute Gasteiger partial charge is 0.492 e. The molecule has 1 N–H and O–H groups in total. The van der Waals surface area contributed by atoms with E-state index in [4.69, 9.17) is 14.5 Å². The summed E-state index contributed by atoms with van der Waals surface area (Å²) in [6, 6.07) is 9.79. The van der Waals surface area contributed by atoms with Crippen molar-refractivity contribution in [2.75, 3.05) is 26.2 Å². The van der Waals surface area contributed by atoms with E-state index < -0.39 is 0 Å². The number of nitrogens with one attached hydrogen (secondary N) is 1. The van der Waals surface area contributed by atoms with E-state index in [1.807, 2.05) is 19.1 Å². The van der Waals surface area contributed by atoms with Crippen LogP contribution in [-0.2, 0) is 6.54 Å². The molecule has 0 aliphatic carbocycles. The summed E-state index contributed by atoms with van der Waals surface area (Å²) < 4.78 is 10.7. The Morgan fingerprint density at radius 2 is 2.40 bits per heavy atom. The number of ether oxygens (including phenoxy) is 1. The second kappa shape index (κ2) is 8.60. The zero-order chi connectivity index (χ0) is 17.5. The van der Waals surface area contributed by atoms with Crippen LogP contribution in [0.5, 0.6) is 5.75 Å².